The summed E-state index contributed by atoms with van der Waals surface area (Å²) in [7, 11) is 0. The summed E-state index contributed by atoms with van der Waals surface area (Å²) in [6.45, 7) is 2.09. The molecule has 0 amide bonds. The zero-order chi connectivity index (χ0) is 12.3. The second-order valence-electron chi connectivity index (χ2n) is 4.06. The third-order valence-corrected chi connectivity index (χ3v) is 3.12. The summed E-state index contributed by atoms with van der Waals surface area (Å²) in [6, 6.07) is 8.08. The fourth-order valence-electron chi connectivity index (χ4n) is 1.79. The van der Waals surface area contributed by atoms with Crippen LogP contribution in [0.5, 0.6) is 0 Å². The van der Waals surface area contributed by atoms with Crippen molar-refractivity contribution in [3.05, 3.63) is 47.5 Å². The molecule has 2 N–H and O–H groups in total. The van der Waals surface area contributed by atoms with Crippen LogP contribution in [-0.4, -0.2) is 15.6 Å². The highest BCUT2D eigenvalue weighted by atomic mass is 35.5. The third kappa shape index (κ3) is 3.25. The molecule has 0 aliphatic rings. The highest BCUT2D eigenvalue weighted by Crippen LogP contribution is 2.20. The van der Waals surface area contributed by atoms with Crippen molar-refractivity contribution in [3.63, 3.8) is 0 Å². The van der Waals surface area contributed by atoms with E-state index in [0.29, 0.717) is 5.15 Å². The van der Waals surface area contributed by atoms with E-state index < -0.39 is 0 Å². The molecular weight excluding hydrogens is 269 g/mol. The van der Waals surface area contributed by atoms with Crippen molar-refractivity contribution in [2.24, 2.45) is 5.73 Å². The van der Waals surface area contributed by atoms with Gasteiger partial charge in [-0.2, -0.15) is 0 Å². The van der Waals surface area contributed by atoms with Crippen molar-refractivity contribution in [2.45, 2.75) is 25.8 Å². The smallest absolute Gasteiger partial charge is 0.152 e. The molecule has 0 aromatic carbocycles. The van der Waals surface area contributed by atoms with Gasteiger partial charge in [0.05, 0.1) is 5.69 Å². The van der Waals surface area contributed by atoms with Crippen LogP contribution in [0.15, 0.2) is 36.7 Å². The van der Waals surface area contributed by atoms with Crippen molar-refractivity contribution in [1.82, 2.24) is 9.55 Å². The van der Waals surface area contributed by atoms with Gasteiger partial charge in [0, 0.05) is 30.6 Å². The summed E-state index contributed by atoms with van der Waals surface area (Å²) >= 11 is 6.09. The fourth-order valence-corrected chi connectivity index (χ4v) is 2.00. The van der Waals surface area contributed by atoms with Gasteiger partial charge < -0.3 is 10.3 Å². The van der Waals surface area contributed by atoms with Gasteiger partial charge in [0.15, 0.2) is 5.15 Å². The van der Waals surface area contributed by atoms with Crippen LogP contribution in [0, 0.1) is 0 Å². The number of aromatic nitrogens is 2. The average Bonchev–Trinajstić information content (AvgIpc) is 2.77. The molecule has 0 radical (unpaired) electrons. The number of pyridine rings is 1. The molecule has 0 bridgehead atoms. The van der Waals surface area contributed by atoms with E-state index in [4.69, 9.17) is 17.3 Å². The van der Waals surface area contributed by atoms with Crippen molar-refractivity contribution in [1.29, 1.82) is 0 Å². The van der Waals surface area contributed by atoms with Crippen molar-refractivity contribution >= 4 is 24.0 Å². The van der Waals surface area contributed by atoms with E-state index in [0.717, 1.165) is 24.2 Å². The lowest BCUT2D eigenvalue weighted by Gasteiger charge is -2.13. The highest BCUT2D eigenvalue weighted by Gasteiger charge is 2.09. The molecule has 0 saturated heterocycles. The lowest BCUT2D eigenvalue weighted by Crippen LogP contribution is -2.22. The highest BCUT2D eigenvalue weighted by molar-refractivity contribution is 6.31. The van der Waals surface area contributed by atoms with E-state index in [1.54, 1.807) is 6.20 Å². The van der Waals surface area contributed by atoms with Crippen LogP contribution in [0.4, 0.5) is 0 Å². The molecule has 0 saturated carbocycles. The van der Waals surface area contributed by atoms with Gasteiger partial charge in [-0.1, -0.05) is 18.5 Å². The van der Waals surface area contributed by atoms with E-state index in [2.05, 4.69) is 18.0 Å². The number of nitrogens with zero attached hydrogens (tertiary/aromatic N) is 2. The first-order valence-corrected chi connectivity index (χ1v) is 6.13. The summed E-state index contributed by atoms with van der Waals surface area (Å²) in [6.07, 6.45) is 5.48. The van der Waals surface area contributed by atoms with Crippen molar-refractivity contribution < 1.29 is 0 Å². The Morgan fingerprint density at radius 3 is 2.83 bits per heavy atom. The maximum absolute atomic E-state index is 6.09. The second kappa shape index (κ2) is 6.78. The van der Waals surface area contributed by atoms with Crippen LogP contribution < -0.4 is 5.73 Å². The molecule has 2 aromatic rings. The first-order valence-electron chi connectivity index (χ1n) is 5.75. The molecule has 0 aliphatic heterocycles. The van der Waals surface area contributed by atoms with Crippen LogP contribution in [0.3, 0.4) is 0 Å². The predicted octanol–water partition coefficient (Wildman–Crippen LogP) is 3.23. The van der Waals surface area contributed by atoms with Gasteiger partial charge >= 0.3 is 0 Å². The minimum atomic E-state index is 0. The summed E-state index contributed by atoms with van der Waals surface area (Å²) in [5.74, 6) is 0. The molecule has 3 nitrogen and oxygen atoms in total. The number of nitrogens with two attached hydrogens (primary N) is 1. The monoisotopic (exact) mass is 285 g/mol. The van der Waals surface area contributed by atoms with Gasteiger partial charge in [0.1, 0.15) is 0 Å². The summed E-state index contributed by atoms with van der Waals surface area (Å²) < 4.78 is 2.05. The molecule has 2 heterocycles. The molecule has 5 heteroatoms. The molecule has 2 rings (SSSR count). The Morgan fingerprint density at radius 2 is 2.17 bits per heavy atom. The first kappa shape index (κ1) is 15.0. The standard InChI is InChI=1S/C13H16ClN3.ClH/c1-2-10(15)9-11-5-4-8-17(11)12-6-3-7-16-13(12)14;/h3-8,10H,2,9,15H2,1H3;1H. The Labute approximate surface area is 118 Å². The predicted molar refractivity (Wildman–Crippen MR) is 77.8 cm³/mol. The quantitative estimate of drug-likeness (QED) is 0.877. The minimum absolute atomic E-state index is 0. The summed E-state index contributed by atoms with van der Waals surface area (Å²) in [4.78, 5) is 4.09. The summed E-state index contributed by atoms with van der Waals surface area (Å²) in [5, 5.41) is 0.509. The number of rotatable bonds is 4. The fraction of sp³-hybridized carbons (Fsp3) is 0.308. The molecule has 0 spiro atoms. The Balaban J connectivity index is 0.00000162. The van der Waals surface area contributed by atoms with Crippen molar-refractivity contribution in [3.8, 4) is 5.69 Å². The van der Waals surface area contributed by atoms with Crippen molar-refractivity contribution in [2.75, 3.05) is 0 Å². The lowest BCUT2D eigenvalue weighted by molar-refractivity contribution is 0.630. The van der Waals surface area contributed by atoms with Crippen LogP contribution >= 0.6 is 24.0 Å². The topological polar surface area (TPSA) is 43.8 Å². The van der Waals surface area contributed by atoms with Crippen LogP contribution in [0.25, 0.3) is 5.69 Å². The summed E-state index contributed by atoms with van der Waals surface area (Å²) in [5.41, 5.74) is 8.05. The zero-order valence-electron chi connectivity index (χ0n) is 10.2. The third-order valence-electron chi connectivity index (χ3n) is 2.83. The maximum Gasteiger partial charge on any atom is 0.152 e. The van der Waals surface area contributed by atoms with Gasteiger partial charge in [0.2, 0.25) is 0 Å². The first-order chi connectivity index (χ1) is 8.22. The van der Waals surface area contributed by atoms with E-state index in [1.165, 1.54) is 0 Å². The van der Waals surface area contributed by atoms with Crippen LogP contribution in [-0.2, 0) is 6.42 Å². The molecule has 1 unspecified atom stereocenters. The molecular formula is C13H17Cl2N3. The van der Waals surface area contributed by atoms with Gasteiger partial charge in [-0.25, -0.2) is 4.98 Å². The van der Waals surface area contributed by atoms with Gasteiger partial charge in [-0.3, -0.25) is 0 Å². The van der Waals surface area contributed by atoms with Crippen LogP contribution in [0.1, 0.15) is 19.0 Å². The largest absolute Gasteiger partial charge is 0.327 e. The minimum Gasteiger partial charge on any atom is -0.327 e. The molecule has 98 valence electrons. The Bertz CT molecular complexity index is 496. The number of halogens is 2. The zero-order valence-corrected chi connectivity index (χ0v) is 11.8. The number of hydrogen-bond donors (Lipinski definition) is 1. The molecule has 0 fully saturated rings. The molecule has 1 atom stereocenters. The Hall–Kier alpha value is -1.03. The molecule has 18 heavy (non-hydrogen) atoms. The lowest BCUT2D eigenvalue weighted by atomic mass is 10.1. The van der Waals surface area contributed by atoms with E-state index in [1.807, 2.05) is 29.0 Å². The maximum atomic E-state index is 6.09. The molecule has 2 aromatic heterocycles. The Kier molecular flexibility index (Phi) is 5.66. The second-order valence-corrected chi connectivity index (χ2v) is 4.41. The number of hydrogen-bond acceptors (Lipinski definition) is 2. The van der Waals surface area contributed by atoms with E-state index in [-0.39, 0.29) is 18.4 Å². The SMILES string of the molecule is CCC(N)Cc1cccn1-c1cccnc1Cl.Cl. The van der Waals surface area contributed by atoms with E-state index >= 15 is 0 Å². The molecule has 0 aliphatic carbocycles. The van der Waals surface area contributed by atoms with Crippen LogP contribution in [0.2, 0.25) is 5.15 Å². The normalized spacial score (nSPS) is 11.9. The van der Waals surface area contributed by atoms with E-state index in [9.17, 15) is 0 Å². The van der Waals surface area contributed by atoms with Gasteiger partial charge in [-0.15, -0.1) is 12.4 Å². The average molecular weight is 286 g/mol. The van der Waals surface area contributed by atoms with Gasteiger partial charge in [0.25, 0.3) is 0 Å². The van der Waals surface area contributed by atoms with Gasteiger partial charge in [-0.05, 0) is 30.7 Å². The Morgan fingerprint density at radius 1 is 1.39 bits per heavy atom.